The van der Waals surface area contributed by atoms with Crippen molar-refractivity contribution in [1.29, 1.82) is 0 Å². The first kappa shape index (κ1) is 18.3. The lowest BCUT2D eigenvalue weighted by Gasteiger charge is -2.23. The Kier molecular flexibility index (Phi) is 5.86. The molecule has 1 aliphatic rings. The second kappa shape index (κ2) is 7.69. The lowest BCUT2D eigenvalue weighted by atomic mass is 9.87. The number of benzene rings is 1. The summed E-state index contributed by atoms with van der Waals surface area (Å²) in [5.74, 6) is -0.197. The number of carbonyl (C=O) groups excluding carboxylic acids is 2. The number of nitrogens with one attached hydrogen (secondary N) is 2. The second-order valence-corrected chi connectivity index (χ2v) is 7.56. The van der Waals surface area contributed by atoms with Gasteiger partial charge in [-0.1, -0.05) is 32.9 Å². The Hall–Kier alpha value is -2.04. The number of anilines is 1. The summed E-state index contributed by atoms with van der Waals surface area (Å²) in [6, 6.07) is 7.86. The van der Waals surface area contributed by atoms with E-state index in [1.807, 2.05) is 24.1 Å². The summed E-state index contributed by atoms with van der Waals surface area (Å²) in [5.41, 5.74) is 2.36. The van der Waals surface area contributed by atoms with Crippen molar-refractivity contribution in [3.8, 4) is 0 Å². The first-order valence-corrected chi connectivity index (χ1v) is 8.66. The highest BCUT2D eigenvalue weighted by molar-refractivity contribution is 5.89. The van der Waals surface area contributed by atoms with Crippen molar-refractivity contribution in [1.82, 2.24) is 10.6 Å². The number of carbonyl (C=O) groups is 2. The van der Waals surface area contributed by atoms with Gasteiger partial charge in [-0.15, -0.1) is 0 Å². The topological polar surface area (TPSA) is 61.4 Å². The molecule has 0 aliphatic carbocycles. The van der Waals surface area contributed by atoms with Crippen LogP contribution in [0.2, 0.25) is 0 Å². The van der Waals surface area contributed by atoms with Crippen LogP contribution in [0.5, 0.6) is 0 Å². The third kappa shape index (κ3) is 4.98. The molecule has 2 rings (SSSR count). The summed E-state index contributed by atoms with van der Waals surface area (Å²) in [6.45, 7) is 7.47. The van der Waals surface area contributed by atoms with E-state index in [0.717, 1.165) is 18.5 Å². The van der Waals surface area contributed by atoms with E-state index in [1.165, 1.54) is 5.56 Å². The minimum Gasteiger partial charge on any atom is -0.365 e. The lowest BCUT2D eigenvalue weighted by Crippen LogP contribution is -2.48. The van der Waals surface area contributed by atoms with Crippen LogP contribution >= 0.6 is 0 Å². The molecule has 1 aromatic rings. The molecule has 1 heterocycles. The Labute approximate surface area is 144 Å². The van der Waals surface area contributed by atoms with Crippen LogP contribution in [0, 0.1) is 0 Å². The van der Waals surface area contributed by atoms with Crippen LogP contribution < -0.4 is 15.5 Å². The Morgan fingerprint density at radius 1 is 1.25 bits per heavy atom. The molecule has 0 bridgehead atoms. The highest BCUT2D eigenvalue weighted by Crippen LogP contribution is 2.24. The number of nitrogens with zero attached hydrogens (tertiary/aromatic N) is 1. The van der Waals surface area contributed by atoms with Crippen molar-refractivity contribution in [2.24, 2.45) is 0 Å². The maximum atomic E-state index is 12.2. The van der Waals surface area contributed by atoms with Crippen LogP contribution in [0.25, 0.3) is 0 Å². The van der Waals surface area contributed by atoms with Gasteiger partial charge in [0.05, 0.1) is 6.54 Å². The molecular formula is C19H29N3O2. The minimum absolute atomic E-state index is 0.0713. The van der Waals surface area contributed by atoms with Gasteiger partial charge in [-0.2, -0.15) is 0 Å². The highest BCUT2D eigenvalue weighted by Gasteiger charge is 2.22. The third-order valence-electron chi connectivity index (χ3n) is 4.43. The SMILES string of the molecule is CN(CC(=O)N[C@@H]1CCCCNC1=O)c1ccc(C(C)(C)C)cc1. The maximum Gasteiger partial charge on any atom is 0.242 e. The normalized spacial score (nSPS) is 18.5. The molecule has 1 saturated heterocycles. The van der Waals surface area contributed by atoms with E-state index in [9.17, 15) is 9.59 Å². The predicted molar refractivity (Wildman–Crippen MR) is 97.2 cm³/mol. The maximum absolute atomic E-state index is 12.2. The average molecular weight is 331 g/mol. The molecule has 5 nitrogen and oxygen atoms in total. The minimum atomic E-state index is -0.406. The Morgan fingerprint density at radius 2 is 1.92 bits per heavy atom. The molecule has 1 fully saturated rings. The zero-order chi connectivity index (χ0) is 17.7. The Morgan fingerprint density at radius 3 is 2.54 bits per heavy atom. The standard InChI is InChI=1S/C19H29N3O2/c1-19(2,3)14-8-10-15(11-9-14)22(4)13-17(23)21-16-7-5-6-12-20-18(16)24/h8-11,16H,5-7,12-13H2,1-4H3,(H,20,24)(H,21,23)/t16-/m1/s1. The molecular weight excluding hydrogens is 302 g/mol. The zero-order valence-electron chi connectivity index (χ0n) is 15.2. The van der Waals surface area contributed by atoms with Gasteiger partial charge in [0.15, 0.2) is 0 Å². The van der Waals surface area contributed by atoms with E-state index in [0.29, 0.717) is 13.0 Å². The van der Waals surface area contributed by atoms with E-state index in [4.69, 9.17) is 0 Å². The van der Waals surface area contributed by atoms with Crippen LogP contribution in [-0.2, 0) is 15.0 Å². The smallest absolute Gasteiger partial charge is 0.242 e. The molecule has 0 saturated carbocycles. The van der Waals surface area contributed by atoms with Crippen molar-refractivity contribution in [2.45, 2.75) is 51.5 Å². The number of rotatable bonds is 4. The highest BCUT2D eigenvalue weighted by atomic mass is 16.2. The Bertz CT molecular complexity index is 575. The van der Waals surface area contributed by atoms with E-state index in [2.05, 4.69) is 43.5 Å². The van der Waals surface area contributed by atoms with Gasteiger partial charge in [-0.05, 0) is 42.4 Å². The van der Waals surface area contributed by atoms with E-state index >= 15 is 0 Å². The summed E-state index contributed by atoms with van der Waals surface area (Å²) >= 11 is 0. The van der Waals surface area contributed by atoms with Crippen LogP contribution in [0.4, 0.5) is 5.69 Å². The summed E-state index contributed by atoms with van der Waals surface area (Å²) in [6.07, 6.45) is 2.63. The number of likely N-dealkylation sites (N-methyl/N-ethyl adjacent to an activating group) is 1. The molecule has 0 spiro atoms. The van der Waals surface area contributed by atoms with Gasteiger partial charge in [0.2, 0.25) is 11.8 Å². The molecule has 1 aliphatic heterocycles. The largest absolute Gasteiger partial charge is 0.365 e. The molecule has 5 heteroatoms. The summed E-state index contributed by atoms with van der Waals surface area (Å²) in [5, 5.41) is 5.69. The second-order valence-electron chi connectivity index (χ2n) is 7.56. The van der Waals surface area contributed by atoms with Gasteiger partial charge in [-0.3, -0.25) is 9.59 Å². The molecule has 1 atom stereocenters. The van der Waals surface area contributed by atoms with E-state index in [-0.39, 0.29) is 23.8 Å². The van der Waals surface area contributed by atoms with Crippen LogP contribution in [0.1, 0.15) is 45.6 Å². The molecule has 1 aromatic carbocycles. The third-order valence-corrected chi connectivity index (χ3v) is 4.43. The molecule has 0 radical (unpaired) electrons. The molecule has 0 unspecified atom stereocenters. The summed E-state index contributed by atoms with van der Waals surface area (Å²) in [4.78, 5) is 26.0. The summed E-state index contributed by atoms with van der Waals surface area (Å²) in [7, 11) is 1.89. The van der Waals surface area contributed by atoms with Crippen molar-refractivity contribution < 1.29 is 9.59 Å². The predicted octanol–water partition coefficient (Wildman–Crippen LogP) is 2.21. The van der Waals surface area contributed by atoms with Crippen LogP contribution in [-0.4, -0.2) is 38.0 Å². The first-order valence-electron chi connectivity index (χ1n) is 8.66. The van der Waals surface area contributed by atoms with Gasteiger partial charge < -0.3 is 15.5 Å². The lowest BCUT2D eigenvalue weighted by molar-refractivity contribution is -0.128. The molecule has 2 amide bonds. The fourth-order valence-electron chi connectivity index (χ4n) is 2.84. The van der Waals surface area contributed by atoms with Gasteiger partial charge >= 0.3 is 0 Å². The average Bonchev–Trinajstić information content (AvgIpc) is 2.71. The number of amides is 2. The quantitative estimate of drug-likeness (QED) is 0.889. The van der Waals surface area contributed by atoms with Crippen molar-refractivity contribution in [3.05, 3.63) is 29.8 Å². The zero-order valence-corrected chi connectivity index (χ0v) is 15.2. The molecule has 0 aromatic heterocycles. The van der Waals surface area contributed by atoms with Gasteiger partial charge in [0.1, 0.15) is 6.04 Å². The van der Waals surface area contributed by atoms with Gasteiger partial charge in [0, 0.05) is 19.3 Å². The van der Waals surface area contributed by atoms with Gasteiger partial charge in [-0.25, -0.2) is 0 Å². The number of hydrogen-bond acceptors (Lipinski definition) is 3. The fraction of sp³-hybridized carbons (Fsp3) is 0.579. The van der Waals surface area contributed by atoms with Crippen LogP contribution in [0.3, 0.4) is 0 Å². The fourth-order valence-corrected chi connectivity index (χ4v) is 2.84. The molecule has 24 heavy (non-hydrogen) atoms. The van der Waals surface area contributed by atoms with E-state index < -0.39 is 6.04 Å². The first-order chi connectivity index (χ1) is 11.3. The summed E-state index contributed by atoms with van der Waals surface area (Å²) < 4.78 is 0. The Balaban J connectivity index is 1.92. The molecule has 132 valence electrons. The van der Waals surface area contributed by atoms with Crippen molar-refractivity contribution in [3.63, 3.8) is 0 Å². The van der Waals surface area contributed by atoms with Gasteiger partial charge in [0.25, 0.3) is 0 Å². The van der Waals surface area contributed by atoms with Crippen LogP contribution in [0.15, 0.2) is 24.3 Å². The number of hydrogen-bond donors (Lipinski definition) is 2. The van der Waals surface area contributed by atoms with E-state index in [1.54, 1.807) is 0 Å². The van der Waals surface area contributed by atoms with Crippen molar-refractivity contribution >= 4 is 17.5 Å². The molecule has 2 N–H and O–H groups in total. The van der Waals surface area contributed by atoms with Crippen molar-refractivity contribution in [2.75, 3.05) is 25.0 Å². The monoisotopic (exact) mass is 331 g/mol.